The third-order valence-corrected chi connectivity index (χ3v) is 2.87. The van der Waals surface area contributed by atoms with Gasteiger partial charge in [0.25, 0.3) is 0 Å². The molecule has 3 N–H and O–H groups in total. The summed E-state index contributed by atoms with van der Waals surface area (Å²) in [6.45, 7) is 1.25. The topological polar surface area (TPSA) is 60.9 Å². The van der Waals surface area contributed by atoms with Crippen molar-refractivity contribution < 1.29 is 5.11 Å². The quantitative estimate of drug-likeness (QED) is 0.805. The standard InChI is InChI=1S/C11H12BrN3O/c12-9-3-1-2-8(11(9)16)6-13-7-10-14-4-5-15-10/h1-5,13,16H,6-7H2,(H,14,15). The molecule has 2 rings (SSSR count). The Morgan fingerprint density at radius 2 is 2.25 bits per heavy atom. The Morgan fingerprint density at radius 3 is 3.00 bits per heavy atom. The van der Waals surface area contributed by atoms with Crippen LogP contribution in [0.4, 0.5) is 0 Å². The molecule has 0 saturated carbocycles. The van der Waals surface area contributed by atoms with Gasteiger partial charge in [0.1, 0.15) is 11.6 Å². The summed E-state index contributed by atoms with van der Waals surface area (Å²) in [6, 6.07) is 5.59. The molecule has 1 heterocycles. The second kappa shape index (κ2) is 5.14. The van der Waals surface area contributed by atoms with Crippen molar-refractivity contribution in [1.29, 1.82) is 0 Å². The average molecular weight is 282 g/mol. The summed E-state index contributed by atoms with van der Waals surface area (Å²) in [4.78, 5) is 7.10. The highest BCUT2D eigenvalue weighted by Gasteiger charge is 2.04. The summed E-state index contributed by atoms with van der Waals surface area (Å²) in [6.07, 6.45) is 3.50. The van der Waals surface area contributed by atoms with Crippen molar-refractivity contribution in [3.63, 3.8) is 0 Å². The first-order valence-corrected chi connectivity index (χ1v) is 5.72. The number of aromatic amines is 1. The van der Waals surface area contributed by atoms with Gasteiger partial charge in [-0.15, -0.1) is 0 Å². The third kappa shape index (κ3) is 2.62. The fourth-order valence-electron chi connectivity index (χ4n) is 1.41. The van der Waals surface area contributed by atoms with Gasteiger partial charge in [-0.05, 0) is 22.0 Å². The number of aromatic nitrogens is 2. The number of phenolic OH excluding ortho intramolecular Hbond substituents is 1. The Kier molecular flexibility index (Phi) is 3.58. The lowest BCUT2D eigenvalue weighted by molar-refractivity contribution is 0.460. The van der Waals surface area contributed by atoms with Crippen LogP contribution in [-0.4, -0.2) is 15.1 Å². The zero-order valence-electron chi connectivity index (χ0n) is 8.57. The maximum Gasteiger partial charge on any atom is 0.134 e. The molecule has 1 aromatic heterocycles. The number of rotatable bonds is 4. The predicted octanol–water partition coefficient (Wildman–Crippen LogP) is 2.17. The van der Waals surface area contributed by atoms with Crippen molar-refractivity contribution in [2.45, 2.75) is 13.1 Å². The molecule has 0 saturated heterocycles. The number of phenols is 1. The molecule has 0 amide bonds. The molecule has 2 aromatic rings. The van der Waals surface area contributed by atoms with Gasteiger partial charge in [-0.2, -0.15) is 0 Å². The van der Waals surface area contributed by atoms with Gasteiger partial charge in [0.2, 0.25) is 0 Å². The number of benzene rings is 1. The maximum absolute atomic E-state index is 9.74. The first-order chi connectivity index (χ1) is 7.77. The predicted molar refractivity (Wildman–Crippen MR) is 64.9 cm³/mol. The molecule has 5 heteroatoms. The van der Waals surface area contributed by atoms with Gasteiger partial charge in [-0.25, -0.2) is 4.98 Å². The van der Waals surface area contributed by atoms with Gasteiger partial charge in [-0.1, -0.05) is 12.1 Å². The summed E-state index contributed by atoms with van der Waals surface area (Å²) in [5.74, 6) is 1.17. The highest BCUT2D eigenvalue weighted by molar-refractivity contribution is 9.10. The van der Waals surface area contributed by atoms with Crippen LogP contribution in [0.1, 0.15) is 11.4 Å². The van der Waals surface area contributed by atoms with Crippen molar-refractivity contribution in [2.75, 3.05) is 0 Å². The van der Waals surface area contributed by atoms with E-state index in [0.29, 0.717) is 17.6 Å². The Morgan fingerprint density at radius 1 is 1.38 bits per heavy atom. The van der Waals surface area contributed by atoms with Crippen LogP contribution in [-0.2, 0) is 13.1 Å². The molecule has 0 radical (unpaired) electrons. The van der Waals surface area contributed by atoms with E-state index in [0.717, 1.165) is 11.4 Å². The fourth-order valence-corrected chi connectivity index (χ4v) is 1.82. The number of imidazole rings is 1. The van der Waals surface area contributed by atoms with Gasteiger partial charge in [0.15, 0.2) is 0 Å². The van der Waals surface area contributed by atoms with E-state index in [2.05, 4.69) is 31.2 Å². The van der Waals surface area contributed by atoms with Crippen LogP contribution >= 0.6 is 15.9 Å². The van der Waals surface area contributed by atoms with Crippen molar-refractivity contribution in [3.05, 3.63) is 46.5 Å². The maximum atomic E-state index is 9.74. The molecule has 0 aliphatic carbocycles. The zero-order valence-corrected chi connectivity index (χ0v) is 10.2. The Hall–Kier alpha value is -1.33. The Labute approximate surface area is 102 Å². The number of para-hydroxylation sites is 1. The summed E-state index contributed by atoms with van der Waals surface area (Å²) in [5, 5.41) is 12.9. The van der Waals surface area contributed by atoms with E-state index in [-0.39, 0.29) is 5.75 Å². The van der Waals surface area contributed by atoms with Crippen molar-refractivity contribution in [2.24, 2.45) is 0 Å². The molecule has 0 aliphatic heterocycles. The molecule has 4 nitrogen and oxygen atoms in total. The van der Waals surface area contributed by atoms with Gasteiger partial charge in [0.05, 0.1) is 11.0 Å². The molecule has 0 spiro atoms. The van der Waals surface area contributed by atoms with Gasteiger partial charge < -0.3 is 15.4 Å². The molecule has 0 bridgehead atoms. The van der Waals surface area contributed by atoms with Crippen LogP contribution in [0.3, 0.4) is 0 Å². The normalized spacial score (nSPS) is 10.6. The molecule has 0 unspecified atom stereocenters. The molecule has 0 aliphatic rings. The first kappa shape index (κ1) is 11.2. The van der Waals surface area contributed by atoms with Gasteiger partial charge in [0, 0.05) is 24.5 Å². The minimum atomic E-state index is 0.287. The van der Waals surface area contributed by atoms with Crippen LogP contribution in [0.15, 0.2) is 35.1 Å². The van der Waals surface area contributed by atoms with Crippen LogP contribution < -0.4 is 5.32 Å². The van der Waals surface area contributed by atoms with Crippen LogP contribution in [0.25, 0.3) is 0 Å². The Balaban J connectivity index is 1.92. The van der Waals surface area contributed by atoms with E-state index in [4.69, 9.17) is 0 Å². The van der Waals surface area contributed by atoms with Crippen LogP contribution in [0, 0.1) is 0 Å². The zero-order chi connectivity index (χ0) is 11.4. The smallest absolute Gasteiger partial charge is 0.134 e. The number of nitrogens with one attached hydrogen (secondary N) is 2. The van der Waals surface area contributed by atoms with Crippen LogP contribution in [0.5, 0.6) is 5.75 Å². The van der Waals surface area contributed by atoms with Gasteiger partial charge >= 0.3 is 0 Å². The second-order valence-electron chi connectivity index (χ2n) is 3.39. The number of hydrogen-bond donors (Lipinski definition) is 3. The van der Waals surface area contributed by atoms with E-state index in [1.165, 1.54) is 0 Å². The van der Waals surface area contributed by atoms with E-state index in [9.17, 15) is 5.11 Å². The van der Waals surface area contributed by atoms with E-state index in [1.807, 2.05) is 18.2 Å². The second-order valence-corrected chi connectivity index (χ2v) is 4.24. The van der Waals surface area contributed by atoms with E-state index >= 15 is 0 Å². The Bertz CT molecular complexity index is 456. The van der Waals surface area contributed by atoms with E-state index < -0.39 is 0 Å². The molecule has 1 aromatic carbocycles. The highest BCUT2D eigenvalue weighted by Crippen LogP contribution is 2.27. The minimum Gasteiger partial charge on any atom is -0.506 e. The molecule has 84 valence electrons. The molecular formula is C11H12BrN3O. The fraction of sp³-hybridized carbons (Fsp3) is 0.182. The molecular weight excluding hydrogens is 270 g/mol. The van der Waals surface area contributed by atoms with Gasteiger partial charge in [-0.3, -0.25) is 0 Å². The lowest BCUT2D eigenvalue weighted by atomic mass is 10.2. The monoisotopic (exact) mass is 281 g/mol. The number of hydrogen-bond acceptors (Lipinski definition) is 3. The summed E-state index contributed by atoms with van der Waals surface area (Å²) >= 11 is 3.28. The number of nitrogens with zero attached hydrogens (tertiary/aromatic N) is 1. The highest BCUT2D eigenvalue weighted by atomic mass is 79.9. The summed E-state index contributed by atoms with van der Waals surface area (Å²) in [7, 11) is 0. The van der Waals surface area contributed by atoms with Crippen molar-refractivity contribution in [1.82, 2.24) is 15.3 Å². The van der Waals surface area contributed by atoms with Crippen molar-refractivity contribution >= 4 is 15.9 Å². The number of H-pyrrole nitrogens is 1. The van der Waals surface area contributed by atoms with Crippen molar-refractivity contribution in [3.8, 4) is 5.75 Å². The number of aromatic hydroxyl groups is 1. The lowest BCUT2D eigenvalue weighted by Gasteiger charge is -2.06. The molecule has 0 fully saturated rings. The first-order valence-electron chi connectivity index (χ1n) is 4.92. The molecule has 16 heavy (non-hydrogen) atoms. The van der Waals surface area contributed by atoms with Crippen LogP contribution in [0.2, 0.25) is 0 Å². The average Bonchev–Trinajstić information content (AvgIpc) is 2.77. The number of halogens is 1. The minimum absolute atomic E-state index is 0.287. The summed E-state index contributed by atoms with van der Waals surface area (Å²) < 4.78 is 0.713. The largest absolute Gasteiger partial charge is 0.506 e. The lowest BCUT2D eigenvalue weighted by Crippen LogP contribution is -2.13. The molecule has 0 atom stereocenters. The summed E-state index contributed by atoms with van der Waals surface area (Å²) in [5.41, 5.74) is 0.862. The SMILES string of the molecule is Oc1c(Br)cccc1CNCc1ncc[nH]1. The van der Waals surface area contributed by atoms with E-state index in [1.54, 1.807) is 12.4 Å². The third-order valence-electron chi connectivity index (χ3n) is 2.23.